The second kappa shape index (κ2) is 10.0. The van der Waals surface area contributed by atoms with Crippen molar-refractivity contribution in [3.05, 3.63) is 95.3 Å². The van der Waals surface area contributed by atoms with Crippen LogP contribution in [0.5, 0.6) is 0 Å². The van der Waals surface area contributed by atoms with Crippen LogP contribution >= 0.6 is 0 Å². The average Bonchev–Trinajstić information content (AvgIpc) is 2.78. The summed E-state index contributed by atoms with van der Waals surface area (Å²) in [6.07, 6.45) is 4.35. The van der Waals surface area contributed by atoms with Crippen LogP contribution in [0, 0.1) is 0 Å². The lowest BCUT2D eigenvalue weighted by atomic mass is 9.87. The molecule has 2 aromatic carbocycles. The van der Waals surface area contributed by atoms with Gasteiger partial charge in [0.15, 0.2) is 0 Å². The minimum Gasteiger partial charge on any atom is -0.326 e. The van der Waals surface area contributed by atoms with Gasteiger partial charge in [0.2, 0.25) is 5.96 Å². The molecular weight excluding hydrogens is 384 g/mol. The highest BCUT2D eigenvalue weighted by molar-refractivity contribution is 6.10. The van der Waals surface area contributed by atoms with Crippen LogP contribution in [0.25, 0.3) is 0 Å². The summed E-state index contributed by atoms with van der Waals surface area (Å²) in [6, 6.07) is 19.6. The van der Waals surface area contributed by atoms with Gasteiger partial charge >= 0.3 is 0 Å². The number of aryl methyl sites for hydroxylation is 1. The quantitative estimate of drug-likeness (QED) is 0.437. The molecule has 0 aliphatic heterocycles. The number of aromatic nitrogens is 1. The molecule has 0 saturated carbocycles. The van der Waals surface area contributed by atoms with Crippen molar-refractivity contribution in [2.24, 2.45) is 4.99 Å². The van der Waals surface area contributed by atoms with E-state index in [9.17, 15) is 4.79 Å². The van der Waals surface area contributed by atoms with Crippen LogP contribution in [0.15, 0.2) is 78.0 Å². The molecule has 0 aliphatic carbocycles. The number of aliphatic imine (C=N–C) groups is 1. The Morgan fingerprint density at radius 3 is 2.29 bits per heavy atom. The number of anilines is 1. The fraction of sp³-hybridized carbons (Fsp3) is 0.269. The number of carbonyl (C=O) groups excluding carboxylic acids is 1. The number of para-hydroxylation sites is 1. The molecule has 0 saturated heterocycles. The lowest BCUT2D eigenvalue weighted by Crippen LogP contribution is -2.36. The van der Waals surface area contributed by atoms with Gasteiger partial charge in [0.05, 0.1) is 6.54 Å². The normalized spacial score (nSPS) is 11.8. The number of nitrogens with zero attached hydrogens (tertiary/aromatic N) is 2. The number of nitrogens with one attached hydrogen (secondary N) is 2. The van der Waals surface area contributed by atoms with Crippen LogP contribution in [-0.4, -0.2) is 16.9 Å². The fourth-order valence-corrected chi connectivity index (χ4v) is 3.15. The Bertz CT molecular complexity index is 1040. The number of hydrogen-bond acceptors (Lipinski definition) is 3. The molecule has 5 heteroatoms. The first kappa shape index (κ1) is 22.2. The van der Waals surface area contributed by atoms with Gasteiger partial charge < -0.3 is 5.32 Å². The predicted molar refractivity (Wildman–Crippen MR) is 127 cm³/mol. The Labute approximate surface area is 184 Å². The van der Waals surface area contributed by atoms with Crippen molar-refractivity contribution in [1.29, 1.82) is 0 Å². The standard InChI is InChI=1S/C26H30N4O/c1-5-20-8-6-7-9-23(20)29-25(28-18-19-14-16-27-17-15-19)30-24(31)21-10-12-22(13-11-21)26(2,3)4/h6-17H,5,18H2,1-4H3,(H2,28,29,30,31). The number of guanidine groups is 1. The van der Waals surface area contributed by atoms with E-state index in [-0.39, 0.29) is 11.3 Å². The topological polar surface area (TPSA) is 66.4 Å². The maximum Gasteiger partial charge on any atom is 0.257 e. The zero-order valence-electron chi connectivity index (χ0n) is 18.6. The Morgan fingerprint density at radius 2 is 1.65 bits per heavy atom. The van der Waals surface area contributed by atoms with Crippen molar-refractivity contribution in [3.8, 4) is 0 Å². The SMILES string of the molecule is CCc1ccccc1NC(=NCc1ccncc1)NC(=O)c1ccc(C(C)(C)C)cc1. The van der Waals surface area contributed by atoms with Crippen LogP contribution in [0.3, 0.4) is 0 Å². The van der Waals surface area contributed by atoms with Gasteiger partial charge in [-0.05, 0) is 58.9 Å². The molecular formula is C26H30N4O. The third-order valence-corrected chi connectivity index (χ3v) is 5.07. The zero-order valence-corrected chi connectivity index (χ0v) is 18.6. The van der Waals surface area contributed by atoms with Gasteiger partial charge in [-0.2, -0.15) is 0 Å². The van der Waals surface area contributed by atoms with E-state index in [0.717, 1.165) is 23.2 Å². The first-order valence-electron chi connectivity index (χ1n) is 10.6. The van der Waals surface area contributed by atoms with Crippen LogP contribution in [0.2, 0.25) is 0 Å². The van der Waals surface area contributed by atoms with Crippen molar-refractivity contribution in [1.82, 2.24) is 10.3 Å². The molecule has 3 rings (SSSR count). The summed E-state index contributed by atoms with van der Waals surface area (Å²) in [7, 11) is 0. The highest BCUT2D eigenvalue weighted by Gasteiger charge is 2.15. The maximum atomic E-state index is 12.9. The highest BCUT2D eigenvalue weighted by atomic mass is 16.1. The molecule has 1 aromatic heterocycles. The van der Waals surface area contributed by atoms with E-state index in [4.69, 9.17) is 0 Å². The van der Waals surface area contributed by atoms with Crippen molar-refractivity contribution in [2.75, 3.05) is 5.32 Å². The summed E-state index contributed by atoms with van der Waals surface area (Å²) >= 11 is 0. The molecule has 2 N–H and O–H groups in total. The van der Waals surface area contributed by atoms with E-state index in [0.29, 0.717) is 18.1 Å². The van der Waals surface area contributed by atoms with E-state index < -0.39 is 0 Å². The molecule has 3 aromatic rings. The number of hydrogen-bond donors (Lipinski definition) is 2. The van der Waals surface area contributed by atoms with Gasteiger partial charge in [-0.3, -0.25) is 15.1 Å². The van der Waals surface area contributed by atoms with Gasteiger partial charge in [-0.1, -0.05) is 58.0 Å². The summed E-state index contributed by atoms with van der Waals surface area (Å²) < 4.78 is 0. The summed E-state index contributed by atoms with van der Waals surface area (Å²) in [5, 5.41) is 6.25. The maximum absolute atomic E-state index is 12.9. The largest absolute Gasteiger partial charge is 0.326 e. The molecule has 0 fully saturated rings. The summed E-state index contributed by atoms with van der Waals surface area (Å²) in [4.78, 5) is 21.6. The Kier molecular flexibility index (Phi) is 7.19. The Hall–Kier alpha value is -3.47. The smallest absolute Gasteiger partial charge is 0.257 e. The molecule has 31 heavy (non-hydrogen) atoms. The van der Waals surface area contributed by atoms with Gasteiger partial charge in [-0.15, -0.1) is 0 Å². The molecule has 1 amide bonds. The highest BCUT2D eigenvalue weighted by Crippen LogP contribution is 2.22. The number of pyridine rings is 1. The molecule has 0 atom stereocenters. The van der Waals surface area contributed by atoms with E-state index in [1.54, 1.807) is 12.4 Å². The second-order valence-electron chi connectivity index (χ2n) is 8.44. The van der Waals surface area contributed by atoms with E-state index in [1.807, 2.05) is 54.6 Å². The lowest BCUT2D eigenvalue weighted by molar-refractivity contribution is 0.0977. The molecule has 160 valence electrons. The van der Waals surface area contributed by atoms with E-state index >= 15 is 0 Å². The summed E-state index contributed by atoms with van der Waals surface area (Å²) in [5.41, 5.74) is 4.92. The van der Waals surface area contributed by atoms with Gasteiger partial charge in [0.1, 0.15) is 0 Å². The van der Waals surface area contributed by atoms with Crippen LogP contribution in [0.1, 0.15) is 54.7 Å². The monoisotopic (exact) mass is 414 g/mol. The van der Waals surface area contributed by atoms with Gasteiger partial charge in [-0.25, -0.2) is 4.99 Å². The Balaban J connectivity index is 1.82. The number of carbonyl (C=O) groups is 1. The molecule has 0 bridgehead atoms. The van der Waals surface area contributed by atoms with Gasteiger partial charge in [0.25, 0.3) is 5.91 Å². The minimum absolute atomic E-state index is 0.0393. The number of amides is 1. The predicted octanol–water partition coefficient (Wildman–Crippen LogP) is 5.34. The third-order valence-electron chi connectivity index (χ3n) is 5.07. The first-order valence-corrected chi connectivity index (χ1v) is 10.6. The third kappa shape index (κ3) is 6.25. The molecule has 0 radical (unpaired) electrons. The molecule has 0 unspecified atom stereocenters. The van der Waals surface area contributed by atoms with E-state index in [2.05, 4.69) is 54.4 Å². The van der Waals surface area contributed by atoms with Crippen molar-refractivity contribution in [3.63, 3.8) is 0 Å². The molecule has 0 aliphatic rings. The van der Waals surface area contributed by atoms with Crippen molar-refractivity contribution < 1.29 is 4.79 Å². The van der Waals surface area contributed by atoms with Crippen LogP contribution in [0.4, 0.5) is 5.69 Å². The Morgan fingerprint density at radius 1 is 0.968 bits per heavy atom. The minimum atomic E-state index is -0.199. The van der Waals surface area contributed by atoms with E-state index in [1.165, 1.54) is 5.56 Å². The van der Waals surface area contributed by atoms with Crippen molar-refractivity contribution >= 4 is 17.6 Å². The summed E-state index contributed by atoms with van der Waals surface area (Å²) in [5.74, 6) is 0.220. The molecule has 1 heterocycles. The molecule has 5 nitrogen and oxygen atoms in total. The first-order chi connectivity index (χ1) is 14.9. The van der Waals surface area contributed by atoms with Gasteiger partial charge in [0, 0.05) is 23.6 Å². The van der Waals surface area contributed by atoms with Crippen LogP contribution < -0.4 is 10.6 Å². The molecule has 0 spiro atoms. The van der Waals surface area contributed by atoms with Crippen LogP contribution in [-0.2, 0) is 18.4 Å². The summed E-state index contributed by atoms with van der Waals surface area (Å²) in [6.45, 7) is 9.00. The number of benzene rings is 2. The lowest BCUT2D eigenvalue weighted by Gasteiger charge is -2.19. The fourth-order valence-electron chi connectivity index (χ4n) is 3.15. The van der Waals surface area contributed by atoms with Crippen molar-refractivity contribution in [2.45, 2.75) is 46.1 Å². The average molecular weight is 415 g/mol. The second-order valence-corrected chi connectivity index (χ2v) is 8.44. The zero-order chi connectivity index (χ0) is 22.3. The number of rotatable bonds is 5.